The van der Waals surface area contributed by atoms with Gasteiger partial charge in [0.25, 0.3) is 0 Å². The molecule has 1 saturated heterocycles. The van der Waals surface area contributed by atoms with Crippen LogP contribution in [0.4, 0.5) is 16.2 Å². The number of carbonyl (C=O) groups is 1. The summed E-state index contributed by atoms with van der Waals surface area (Å²) < 4.78 is 6.06. The Hall–Kier alpha value is -4.07. The van der Waals surface area contributed by atoms with Crippen LogP contribution in [-0.2, 0) is 13.0 Å². The molecule has 1 aliphatic rings. The summed E-state index contributed by atoms with van der Waals surface area (Å²) in [5, 5.41) is 9.81. The smallest absolute Gasteiger partial charge is 0.319 e. The van der Waals surface area contributed by atoms with E-state index >= 15 is 0 Å². The van der Waals surface area contributed by atoms with Crippen molar-refractivity contribution in [3.8, 4) is 16.9 Å². The lowest BCUT2D eigenvalue weighted by Gasteiger charge is -2.31. The number of ether oxygens (including phenoxy) is 1. The molecule has 1 aromatic heterocycles. The van der Waals surface area contributed by atoms with Crippen LogP contribution in [0.25, 0.3) is 11.1 Å². The van der Waals surface area contributed by atoms with Crippen LogP contribution in [0.1, 0.15) is 11.1 Å². The Kier molecular flexibility index (Phi) is 8.94. The number of rotatable bonds is 9. The van der Waals surface area contributed by atoms with Crippen molar-refractivity contribution < 1.29 is 9.53 Å². The number of amides is 2. The first-order valence-corrected chi connectivity index (χ1v) is 13.5. The third kappa shape index (κ3) is 7.28. The fourth-order valence-electron chi connectivity index (χ4n) is 4.67. The number of carbonyl (C=O) groups excluding carboxylic acids is 1. The number of nitrogens with zero attached hydrogens (tertiary/aromatic N) is 2. The molecule has 1 fully saturated rings. The van der Waals surface area contributed by atoms with E-state index in [2.05, 4.69) is 62.2 Å². The Morgan fingerprint density at radius 2 is 1.79 bits per heavy atom. The highest BCUT2D eigenvalue weighted by Gasteiger charge is 2.17. The molecule has 3 N–H and O–H groups in total. The number of anilines is 2. The number of hydrogen-bond acceptors (Lipinski definition) is 5. The van der Waals surface area contributed by atoms with Crippen LogP contribution >= 0.6 is 11.6 Å². The van der Waals surface area contributed by atoms with Gasteiger partial charge in [0.15, 0.2) is 0 Å². The highest BCUT2D eigenvalue weighted by atomic mass is 35.5. The Balaban J connectivity index is 1.19. The molecule has 1 aliphatic heterocycles. The number of para-hydroxylation sites is 1. The van der Waals surface area contributed by atoms with Crippen LogP contribution in [0.15, 0.2) is 91.3 Å². The zero-order valence-electron chi connectivity index (χ0n) is 21.7. The van der Waals surface area contributed by atoms with Crippen molar-refractivity contribution in [2.24, 2.45) is 0 Å². The molecule has 0 spiro atoms. The lowest BCUT2D eigenvalue weighted by Crippen LogP contribution is -2.43. The zero-order valence-corrected chi connectivity index (χ0v) is 22.5. The third-order valence-electron chi connectivity index (χ3n) is 6.65. The molecule has 0 radical (unpaired) electrons. The number of urea groups is 1. The van der Waals surface area contributed by atoms with E-state index in [1.807, 2.05) is 42.5 Å². The number of benzene rings is 3. The summed E-state index contributed by atoms with van der Waals surface area (Å²) in [6.07, 6.45) is 4.17. The quantitative estimate of drug-likeness (QED) is 0.251. The molecule has 0 saturated carbocycles. The largest absolute Gasteiger partial charge is 0.493 e. The lowest BCUT2D eigenvalue weighted by atomic mass is 9.96. The van der Waals surface area contributed by atoms with Crippen molar-refractivity contribution in [2.45, 2.75) is 13.0 Å². The van der Waals surface area contributed by atoms with Crippen LogP contribution in [0.2, 0.25) is 5.02 Å². The van der Waals surface area contributed by atoms with E-state index in [1.165, 1.54) is 16.8 Å². The van der Waals surface area contributed by atoms with Gasteiger partial charge < -0.3 is 25.6 Å². The van der Waals surface area contributed by atoms with Crippen molar-refractivity contribution >= 4 is 29.0 Å². The van der Waals surface area contributed by atoms with E-state index in [0.717, 1.165) is 54.5 Å². The molecule has 5 rings (SSSR count). The van der Waals surface area contributed by atoms with Crippen LogP contribution in [-0.4, -0.2) is 43.8 Å². The molecule has 4 aromatic rings. The SMILES string of the molecule is O=C(NCc1cccnc1)Nc1ccc(OCCc2ccc(Cl)cc2-c2ccccc2N2CCNCC2)cc1. The Morgan fingerprint density at radius 3 is 2.59 bits per heavy atom. The number of halogens is 1. The fraction of sp³-hybridized carbons (Fsp3) is 0.226. The van der Waals surface area contributed by atoms with Gasteiger partial charge in [-0.2, -0.15) is 0 Å². The third-order valence-corrected chi connectivity index (χ3v) is 6.89. The molecule has 7 nitrogen and oxygen atoms in total. The average molecular weight is 542 g/mol. The standard InChI is InChI=1S/C31H32ClN5O2/c32-25-8-7-24(29(20-25)28-5-1-2-6-30(28)37-17-15-33-16-18-37)13-19-39-27-11-9-26(10-12-27)36-31(38)35-22-23-4-3-14-34-21-23/h1-12,14,20-21,33H,13,15-19,22H2,(H2,35,36,38). The normalized spacial score (nSPS) is 13.1. The maximum absolute atomic E-state index is 12.2. The van der Waals surface area contributed by atoms with Gasteiger partial charge in [-0.1, -0.05) is 41.9 Å². The van der Waals surface area contributed by atoms with E-state index < -0.39 is 0 Å². The van der Waals surface area contributed by atoms with E-state index in [1.54, 1.807) is 12.4 Å². The molecule has 2 heterocycles. The van der Waals surface area contributed by atoms with Gasteiger partial charge in [-0.15, -0.1) is 0 Å². The molecular formula is C31H32ClN5O2. The number of piperazine rings is 1. The Bertz CT molecular complexity index is 1380. The second-order valence-electron chi connectivity index (χ2n) is 9.35. The Labute approximate surface area is 234 Å². The molecule has 39 heavy (non-hydrogen) atoms. The monoisotopic (exact) mass is 541 g/mol. The van der Waals surface area contributed by atoms with Gasteiger partial charge in [-0.05, 0) is 65.2 Å². The summed E-state index contributed by atoms with van der Waals surface area (Å²) in [6, 6.07) is 25.5. The number of nitrogens with one attached hydrogen (secondary N) is 3. The molecule has 0 atom stereocenters. The van der Waals surface area contributed by atoms with Gasteiger partial charge in [0, 0.05) is 73.5 Å². The minimum atomic E-state index is -0.274. The van der Waals surface area contributed by atoms with Crippen molar-refractivity contribution in [3.63, 3.8) is 0 Å². The predicted octanol–water partition coefficient (Wildman–Crippen LogP) is 5.75. The highest BCUT2D eigenvalue weighted by Crippen LogP contribution is 2.35. The van der Waals surface area contributed by atoms with Crippen molar-refractivity contribution in [3.05, 3.63) is 107 Å². The van der Waals surface area contributed by atoms with Crippen molar-refractivity contribution in [2.75, 3.05) is 43.0 Å². The number of pyridine rings is 1. The van der Waals surface area contributed by atoms with Gasteiger partial charge in [0.05, 0.1) is 6.61 Å². The fourth-order valence-corrected chi connectivity index (χ4v) is 4.85. The van der Waals surface area contributed by atoms with Gasteiger partial charge in [-0.3, -0.25) is 4.98 Å². The van der Waals surface area contributed by atoms with Crippen LogP contribution in [0.5, 0.6) is 5.75 Å². The Morgan fingerprint density at radius 1 is 0.974 bits per heavy atom. The molecule has 0 unspecified atom stereocenters. The van der Waals surface area contributed by atoms with E-state index in [-0.39, 0.29) is 6.03 Å². The van der Waals surface area contributed by atoms with Crippen molar-refractivity contribution in [1.82, 2.24) is 15.6 Å². The molecule has 0 aliphatic carbocycles. The maximum Gasteiger partial charge on any atom is 0.319 e. The lowest BCUT2D eigenvalue weighted by molar-refractivity contribution is 0.251. The zero-order chi connectivity index (χ0) is 26.9. The van der Waals surface area contributed by atoms with Gasteiger partial charge in [0.2, 0.25) is 0 Å². The van der Waals surface area contributed by atoms with Crippen molar-refractivity contribution in [1.29, 1.82) is 0 Å². The molecule has 8 heteroatoms. The second-order valence-corrected chi connectivity index (χ2v) is 9.78. The predicted molar refractivity (Wildman–Crippen MR) is 158 cm³/mol. The topological polar surface area (TPSA) is 78.5 Å². The summed E-state index contributed by atoms with van der Waals surface area (Å²) >= 11 is 6.44. The van der Waals surface area contributed by atoms with E-state index in [9.17, 15) is 4.79 Å². The summed E-state index contributed by atoms with van der Waals surface area (Å²) in [5.74, 6) is 0.744. The maximum atomic E-state index is 12.2. The minimum Gasteiger partial charge on any atom is -0.493 e. The van der Waals surface area contributed by atoms with Crippen LogP contribution in [0, 0.1) is 0 Å². The van der Waals surface area contributed by atoms with E-state index in [0.29, 0.717) is 18.8 Å². The average Bonchev–Trinajstić information content (AvgIpc) is 2.99. The first-order chi connectivity index (χ1) is 19.2. The van der Waals surface area contributed by atoms with E-state index in [4.69, 9.17) is 16.3 Å². The molecule has 200 valence electrons. The highest BCUT2D eigenvalue weighted by molar-refractivity contribution is 6.31. The summed E-state index contributed by atoms with van der Waals surface area (Å²) in [6.45, 7) is 4.85. The molecular weight excluding hydrogens is 510 g/mol. The summed E-state index contributed by atoms with van der Waals surface area (Å²) in [7, 11) is 0. The van der Waals surface area contributed by atoms with Crippen LogP contribution < -0.4 is 25.6 Å². The summed E-state index contributed by atoms with van der Waals surface area (Å²) in [4.78, 5) is 18.7. The minimum absolute atomic E-state index is 0.274. The molecule has 2 amide bonds. The van der Waals surface area contributed by atoms with Crippen LogP contribution in [0.3, 0.4) is 0 Å². The second kappa shape index (κ2) is 13.1. The summed E-state index contributed by atoms with van der Waals surface area (Å²) in [5.41, 5.74) is 6.37. The van der Waals surface area contributed by atoms with Gasteiger partial charge in [0.1, 0.15) is 5.75 Å². The molecule has 0 bridgehead atoms. The number of aromatic nitrogens is 1. The van der Waals surface area contributed by atoms with Gasteiger partial charge >= 0.3 is 6.03 Å². The molecule has 3 aromatic carbocycles. The first-order valence-electron chi connectivity index (χ1n) is 13.2. The van der Waals surface area contributed by atoms with Gasteiger partial charge in [-0.25, -0.2) is 4.79 Å². The number of hydrogen-bond donors (Lipinski definition) is 3. The first kappa shape index (κ1) is 26.5.